The topological polar surface area (TPSA) is 95.9 Å². The third-order valence-corrected chi connectivity index (χ3v) is 4.64. The lowest BCUT2D eigenvalue weighted by Crippen LogP contribution is -2.57. The van der Waals surface area contributed by atoms with Gasteiger partial charge in [0.1, 0.15) is 17.6 Å². The molecule has 0 saturated heterocycles. The molecular formula is C23H20FN5O3. The zero-order chi connectivity index (χ0) is 22.5. The van der Waals surface area contributed by atoms with Crippen LogP contribution in [0.2, 0.25) is 0 Å². The lowest BCUT2D eigenvalue weighted by Gasteiger charge is -2.30. The van der Waals surface area contributed by atoms with Crippen LogP contribution in [0.3, 0.4) is 0 Å². The molecule has 0 aliphatic carbocycles. The second kappa shape index (κ2) is 9.25. The predicted molar refractivity (Wildman–Crippen MR) is 117 cm³/mol. The molecule has 2 heterocycles. The Labute approximate surface area is 183 Å². The average Bonchev–Trinajstić information content (AvgIpc) is 2.81. The number of ether oxygens (including phenoxy) is 1. The van der Waals surface area contributed by atoms with E-state index in [1.165, 1.54) is 29.3 Å². The summed E-state index contributed by atoms with van der Waals surface area (Å²) in [5.74, 6) is -0.278. The summed E-state index contributed by atoms with van der Waals surface area (Å²) in [5, 5.41) is 4.08. The van der Waals surface area contributed by atoms with E-state index in [0.717, 1.165) is 5.56 Å². The van der Waals surface area contributed by atoms with E-state index in [4.69, 9.17) is 4.74 Å². The Morgan fingerprint density at radius 1 is 1.16 bits per heavy atom. The highest BCUT2D eigenvalue weighted by atomic mass is 19.1. The van der Waals surface area contributed by atoms with Crippen LogP contribution < -0.4 is 20.5 Å². The molecule has 1 unspecified atom stereocenters. The van der Waals surface area contributed by atoms with Crippen LogP contribution in [0.1, 0.15) is 12.5 Å². The minimum Gasteiger partial charge on any atom is -0.439 e. The number of nitrogens with one attached hydrogen (secondary N) is 2. The van der Waals surface area contributed by atoms with Gasteiger partial charge in [-0.25, -0.2) is 19.4 Å². The van der Waals surface area contributed by atoms with Crippen LogP contribution in [0, 0.1) is 5.82 Å². The lowest BCUT2D eigenvalue weighted by atomic mass is 10.2. The molecule has 2 N–H and O–H groups in total. The molecule has 0 fully saturated rings. The molecule has 0 radical (unpaired) electrons. The number of carbonyl (C=O) groups excluding carboxylic acids is 2. The van der Waals surface area contributed by atoms with Crippen LogP contribution >= 0.6 is 0 Å². The molecule has 1 aromatic heterocycles. The van der Waals surface area contributed by atoms with E-state index in [0.29, 0.717) is 17.3 Å². The van der Waals surface area contributed by atoms with Crippen molar-refractivity contribution in [3.63, 3.8) is 0 Å². The maximum atomic E-state index is 13.0. The number of para-hydroxylation sites is 1. The number of hydrogen-bond acceptors (Lipinski definition) is 6. The summed E-state index contributed by atoms with van der Waals surface area (Å²) in [7, 11) is 0. The maximum Gasteiger partial charge on any atom is 0.288 e. The first-order valence-electron chi connectivity index (χ1n) is 9.89. The zero-order valence-corrected chi connectivity index (χ0v) is 17.2. The highest BCUT2D eigenvalue weighted by molar-refractivity contribution is 6.39. The number of nitrogens with zero attached hydrogens (tertiary/aromatic N) is 3. The highest BCUT2D eigenvalue weighted by Crippen LogP contribution is 2.20. The molecule has 1 aliphatic rings. The smallest absolute Gasteiger partial charge is 0.288 e. The molecule has 3 aromatic rings. The number of carbonyl (C=O) groups is 2. The van der Waals surface area contributed by atoms with Gasteiger partial charge in [0.2, 0.25) is 11.7 Å². The number of hydrogen-bond donors (Lipinski definition) is 2. The minimum atomic E-state index is -0.700. The summed E-state index contributed by atoms with van der Waals surface area (Å²) >= 11 is 0. The minimum absolute atomic E-state index is 0.0396. The number of pyridine rings is 1. The Hall–Kier alpha value is -4.27. The number of halogens is 1. The molecule has 9 heteroatoms. The lowest BCUT2D eigenvalue weighted by molar-refractivity contribution is -0.120. The Kier molecular flexibility index (Phi) is 6.07. The van der Waals surface area contributed by atoms with Gasteiger partial charge in [-0.2, -0.15) is 0 Å². The van der Waals surface area contributed by atoms with Crippen molar-refractivity contribution in [2.45, 2.75) is 19.5 Å². The van der Waals surface area contributed by atoms with Crippen molar-refractivity contribution in [2.24, 2.45) is 4.99 Å². The van der Waals surface area contributed by atoms with Gasteiger partial charge in [-0.3, -0.25) is 15.0 Å². The number of amidine groups is 1. The SMILES string of the molecule is CC1N=C(C(=O)NCc2ccnc(Oc3ccc(F)cc3)c2)NN(c2ccccc2)C1=O. The van der Waals surface area contributed by atoms with Crippen molar-refractivity contribution in [1.82, 2.24) is 15.7 Å². The van der Waals surface area contributed by atoms with Crippen LogP contribution in [0.4, 0.5) is 10.1 Å². The van der Waals surface area contributed by atoms with Crippen molar-refractivity contribution >= 4 is 23.3 Å². The molecule has 2 aromatic carbocycles. The summed E-state index contributed by atoms with van der Waals surface area (Å²) in [6.07, 6.45) is 1.55. The Morgan fingerprint density at radius 2 is 1.91 bits per heavy atom. The van der Waals surface area contributed by atoms with Crippen molar-refractivity contribution < 1.29 is 18.7 Å². The number of hydrazine groups is 1. The summed E-state index contributed by atoms with van der Waals surface area (Å²) in [4.78, 5) is 33.4. The van der Waals surface area contributed by atoms with E-state index in [1.54, 1.807) is 49.5 Å². The van der Waals surface area contributed by atoms with Gasteiger partial charge in [-0.1, -0.05) is 18.2 Å². The highest BCUT2D eigenvalue weighted by Gasteiger charge is 2.30. The van der Waals surface area contributed by atoms with Gasteiger partial charge >= 0.3 is 0 Å². The molecule has 1 aliphatic heterocycles. The van der Waals surface area contributed by atoms with Crippen LogP contribution in [0.25, 0.3) is 0 Å². The Morgan fingerprint density at radius 3 is 2.66 bits per heavy atom. The predicted octanol–water partition coefficient (Wildman–Crippen LogP) is 2.97. The van der Waals surface area contributed by atoms with Gasteiger partial charge in [-0.05, 0) is 55.0 Å². The molecule has 2 amide bonds. The first kappa shape index (κ1) is 21.0. The maximum absolute atomic E-state index is 13.0. The number of benzene rings is 2. The van der Waals surface area contributed by atoms with Crippen LogP contribution in [0.5, 0.6) is 11.6 Å². The van der Waals surface area contributed by atoms with E-state index in [-0.39, 0.29) is 24.1 Å². The molecule has 4 rings (SSSR count). The number of rotatable bonds is 6. The largest absolute Gasteiger partial charge is 0.439 e. The summed E-state index contributed by atoms with van der Waals surface area (Å²) in [6, 6.07) is 17.3. The van der Waals surface area contributed by atoms with Crippen LogP contribution in [0.15, 0.2) is 77.9 Å². The number of aliphatic imine (C=N–C) groups is 1. The van der Waals surface area contributed by atoms with Gasteiger partial charge < -0.3 is 10.1 Å². The monoisotopic (exact) mass is 433 g/mol. The van der Waals surface area contributed by atoms with Gasteiger partial charge in [0.25, 0.3) is 11.8 Å². The van der Waals surface area contributed by atoms with Gasteiger partial charge in [0.05, 0.1) is 5.69 Å². The fourth-order valence-electron chi connectivity index (χ4n) is 3.01. The van der Waals surface area contributed by atoms with Gasteiger partial charge in [-0.15, -0.1) is 0 Å². The van der Waals surface area contributed by atoms with Gasteiger partial charge in [0.15, 0.2) is 0 Å². The molecule has 32 heavy (non-hydrogen) atoms. The van der Waals surface area contributed by atoms with Gasteiger partial charge in [0, 0.05) is 18.8 Å². The zero-order valence-electron chi connectivity index (χ0n) is 17.2. The van der Waals surface area contributed by atoms with Crippen molar-refractivity contribution in [1.29, 1.82) is 0 Å². The van der Waals surface area contributed by atoms with Crippen molar-refractivity contribution in [2.75, 3.05) is 5.01 Å². The van der Waals surface area contributed by atoms with Crippen molar-refractivity contribution in [3.8, 4) is 11.6 Å². The fourth-order valence-corrected chi connectivity index (χ4v) is 3.01. The second-order valence-electron chi connectivity index (χ2n) is 7.02. The first-order valence-corrected chi connectivity index (χ1v) is 9.89. The molecule has 0 bridgehead atoms. The Bertz CT molecular complexity index is 1150. The summed E-state index contributed by atoms with van der Waals surface area (Å²) < 4.78 is 18.7. The summed E-state index contributed by atoms with van der Waals surface area (Å²) in [5.41, 5.74) is 4.14. The quantitative estimate of drug-likeness (QED) is 0.623. The number of aromatic nitrogens is 1. The van der Waals surface area contributed by atoms with Crippen LogP contribution in [-0.2, 0) is 16.1 Å². The van der Waals surface area contributed by atoms with E-state index in [9.17, 15) is 14.0 Å². The molecule has 0 spiro atoms. The van der Waals surface area contributed by atoms with E-state index < -0.39 is 11.9 Å². The molecule has 162 valence electrons. The molecule has 0 saturated carbocycles. The molecule has 8 nitrogen and oxygen atoms in total. The standard InChI is InChI=1S/C23H20FN5O3/c1-15-23(31)29(18-5-3-2-4-6-18)28-21(27-15)22(30)26-14-16-11-12-25-20(13-16)32-19-9-7-17(24)8-10-19/h2-13,15H,14H2,1H3,(H,26,30)(H,27,28). The molecule has 1 atom stereocenters. The van der Waals surface area contributed by atoms with E-state index in [2.05, 4.69) is 20.7 Å². The van der Waals surface area contributed by atoms with E-state index in [1.807, 2.05) is 6.07 Å². The normalized spacial score (nSPS) is 15.6. The van der Waals surface area contributed by atoms with Crippen LogP contribution in [-0.4, -0.2) is 28.7 Å². The molecular weight excluding hydrogens is 413 g/mol. The van der Waals surface area contributed by atoms with E-state index >= 15 is 0 Å². The summed E-state index contributed by atoms with van der Waals surface area (Å²) in [6.45, 7) is 1.82. The third-order valence-electron chi connectivity index (χ3n) is 4.64. The Balaban J connectivity index is 1.40. The van der Waals surface area contributed by atoms with Crippen molar-refractivity contribution in [3.05, 3.63) is 84.3 Å². The number of amides is 2. The number of anilines is 1. The fraction of sp³-hybridized carbons (Fsp3) is 0.130. The third kappa shape index (κ3) is 4.89. The second-order valence-corrected chi connectivity index (χ2v) is 7.02. The average molecular weight is 433 g/mol. The first-order chi connectivity index (χ1) is 15.5.